The van der Waals surface area contributed by atoms with Gasteiger partial charge in [0.15, 0.2) is 13.7 Å². The first-order valence-electron chi connectivity index (χ1n) is 26.4. The molecule has 0 aromatic heterocycles. The van der Waals surface area contributed by atoms with Crippen LogP contribution < -0.4 is 0 Å². The monoisotopic (exact) mass is 1430 g/mol. The number of esters is 3. The van der Waals surface area contributed by atoms with Crippen LogP contribution in [0.15, 0.2) is 0 Å². The third-order valence-electron chi connectivity index (χ3n) is 14.7. The molecule has 0 radical (unpaired) electrons. The van der Waals surface area contributed by atoms with Gasteiger partial charge in [0.1, 0.15) is 18.3 Å². The van der Waals surface area contributed by atoms with E-state index < -0.39 is 197 Å². The standard InChI is InChI=1S/C16H24F6O6S2.C15H22F6O6S2.C14H20F6O6S2/c1-3-10(2)13(23)28-12-9-7-5-4-6-8-11(12)14(29(24,25)15(17,18)19)30(26,27)16(20,21)22;1-3-9(2)12(22)27-11-8-6-4-5-7-10(11)13(28(23,24)14(16,17)18)29(25,26)15(19,20)21;1-3-8(2)11(21)26-10-7-5-4-6-9(10)12(27(22,23)13(15,16)17)28(24,25)14(18,19)20/h10-12,14H,3-9H2,1-2H3;9-11,13H,3-8H2,1-2H3;8-10,12H,3-7H2,1-2H3. The minimum atomic E-state index is -6.80. The van der Waals surface area contributed by atoms with Crippen LogP contribution in [0.4, 0.5) is 79.0 Å². The summed E-state index contributed by atoms with van der Waals surface area (Å²) in [6.07, 6.45) is -5.08. The lowest BCUT2D eigenvalue weighted by Gasteiger charge is -2.36. The van der Waals surface area contributed by atoms with Crippen molar-refractivity contribution < 1.29 is 158 Å². The second-order valence-electron chi connectivity index (χ2n) is 20.8. The summed E-state index contributed by atoms with van der Waals surface area (Å²) in [5.41, 5.74) is -37.5. The van der Waals surface area contributed by atoms with Gasteiger partial charge in [-0.15, -0.1) is 0 Å². The van der Waals surface area contributed by atoms with Crippen molar-refractivity contribution in [1.82, 2.24) is 0 Å². The van der Waals surface area contributed by atoms with Gasteiger partial charge in [-0.25, -0.2) is 50.5 Å². The minimum absolute atomic E-state index is 0.0146. The lowest BCUT2D eigenvalue weighted by atomic mass is 9.87. The zero-order valence-corrected chi connectivity index (χ0v) is 51.7. The van der Waals surface area contributed by atoms with Crippen LogP contribution in [-0.2, 0) is 87.6 Å². The van der Waals surface area contributed by atoms with E-state index in [1.54, 1.807) is 20.8 Å². The molecule has 0 saturated heterocycles. The first-order valence-corrected chi connectivity index (χ1v) is 35.6. The predicted octanol–water partition coefficient (Wildman–Crippen LogP) is 11.2. The predicted molar refractivity (Wildman–Crippen MR) is 269 cm³/mol. The molecule has 3 fully saturated rings. The summed E-state index contributed by atoms with van der Waals surface area (Å²) in [5, 5.41) is 0. The van der Waals surface area contributed by atoms with E-state index in [0.717, 1.165) is 0 Å². The molecule has 0 spiro atoms. The molecule has 42 heteroatoms. The smallest absolute Gasteiger partial charge is 0.462 e. The molecular weight excluding hydrogens is 1360 g/mol. The highest BCUT2D eigenvalue weighted by atomic mass is 32.3. The van der Waals surface area contributed by atoms with Crippen molar-refractivity contribution in [1.29, 1.82) is 0 Å². The molecule has 0 amide bonds. The van der Waals surface area contributed by atoms with Crippen LogP contribution in [0.25, 0.3) is 0 Å². The molecule has 0 aromatic rings. The van der Waals surface area contributed by atoms with Crippen molar-refractivity contribution in [2.24, 2.45) is 35.5 Å². The molecule has 18 nitrogen and oxygen atoms in total. The second kappa shape index (κ2) is 30.5. The quantitative estimate of drug-likeness (QED) is 0.0533. The van der Waals surface area contributed by atoms with Gasteiger partial charge in [0.05, 0.1) is 17.8 Å². The molecule has 0 bridgehead atoms. The Kier molecular flexibility index (Phi) is 28.7. The van der Waals surface area contributed by atoms with Gasteiger partial charge in [-0.2, -0.15) is 79.0 Å². The van der Waals surface area contributed by atoms with Crippen LogP contribution in [0.5, 0.6) is 0 Å². The summed E-state index contributed by atoms with van der Waals surface area (Å²) in [4.78, 5) is 36.1. The SMILES string of the molecule is CCC(C)C(=O)OC1CCCCC1C(S(=O)(=O)C(F)(F)F)S(=O)(=O)C(F)(F)F.CCC(C)C(=O)OC1CCCCCC1C(S(=O)(=O)C(F)(F)F)S(=O)(=O)C(F)(F)F.CCC(C)C(=O)OC1CCCCCCC1C(S(=O)(=O)C(F)(F)F)S(=O)(=O)C(F)(F)F. The van der Waals surface area contributed by atoms with Gasteiger partial charge in [-0.3, -0.25) is 14.4 Å². The summed E-state index contributed by atoms with van der Waals surface area (Å²) < 4.78 is 382. The van der Waals surface area contributed by atoms with Gasteiger partial charge >= 0.3 is 51.0 Å². The van der Waals surface area contributed by atoms with Gasteiger partial charge in [0.25, 0.3) is 59.0 Å². The Balaban J connectivity index is 0.000000653. The largest absolute Gasteiger partial charge is 0.498 e. The number of carbonyl (C=O) groups excluding carboxylic acids is 3. The average Bonchev–Trinajstić information content (AvgIpc) is 1.28. The molecule has 3 aliphatic carbocycles. The van der Waals surface area contributed by atoms with Crippen molar-refractivity contribution in [2.45, 2.75) is 222 Å². The summed E-state index contributed by atoms with van der Waals surface area (Å²) in [6.45, 7) is 8.97. The molecule has 87 heavy (non-hydrogen) atoms. The summed E-state index contributed by atoms with van der Waals surface area (Å²) in [7, 11) is -40.7. The molecule has 0 N–H and O–H groups in total. The van der Waals surface area contributed by atoms with E-state index in [-0.39, 0.29) is 77.0 Å². The van der Waals surface area contributed by atoms with Gasteiger partial charge in [-0.05, 0) is 77.0 Å². The highest BCUT2D eigenvalue weighted by Crippen LogP contribution is 2.48. The number of hydrogen-bond donors (Lipinski definition) is 0. The first-order chi connectivity index (χ1) is 38.9. The van der Waals surface area contributed by atoms with Gasteiger partial charge in [-0.1, -0.05) is 80.1 Å². The lowest BCUT2D eigenvalue weighted by molar-refractivity contribution is -0.158. The average molecular weight is 1430 g/mol. The Labute approximate surface area is 490 Å². The Morgan fingerprint density at radius 1 is 0.310 bits per heavy atom. The van der Waals surface area contributed by atoms with Crippen LogP contribution in [0.2, 0.25) is 0 Å². The maximum absolute atomic E-state index is 13.2. The van der Waals surface area contributed by atoms with Gasteiger partial charge in [0, 0.05) is 17.8 Å². The Bertz CT molecular complexity index is 2870. The van der Waals surface area contributed by atoms with Crippen molar-refractivity contribution in [3.05, 3.63) is 0 Å². The first kappa shape index (κ1) is 81.9. The van der Waals surface area contributed by atoms with Crippen LogP contribution in [0, 0.1) is 35.5 Å². The molecule has 3 aliphatic rings. The molecule has 0 aromatic carbocycles. The van der Waals surface area contributed by atoms with E-state index in [1.807, 2.05) is 0 Å². The Morgan fingerprint density at radius 2 is 0.460 bits per heavy atom. The normalized spacial score (nSPS) is 23.5. The topological polar surface area (TPSA) is 284 Å². The zero-order valence-electron chi connectivity index (χ0n) is 46.8. The minimum Gasteiger partial charge on any atom is -0.462 e. The molecule has 9 atom stereocenters. The third-order valence-corrected chi connectivity index (χ3v) is 28.9. The van der Waals surface area contributed by atoms with Crippen molar-refractivity contribution >= 4 is 76.9 Å². The number of carbonyl (C=O) groups is 3. The van der Waals surface area contributed by atoms with Gasteiger partial charge in [0.2, 0.25) is 0 Å². The number of halogens is 18. The van der Waals surface area contributed by atoms with Crippen molar-refractivity contribution in [3.8, 4) is 0 Å². The summed E-state index contributed by atoms with van der Waals surface area (Å²) >= 11 is 0. The van der Waals surface area contributed by atoms with E-state index in [4.69, 9.17) is 14.2 Å². The Hall–Kier alpha value is -3.15. The van der Waals surface area contributed by atoms with Gasteiger partial charge < -0.3 is 14.2 Å². The van der Waals surface area contributed by atoms with Crippen LogP contribution in [0.1, 0.15) is 157 Å². The maximum Gasteiger partial charge on any atom is 0.498 e. The van der Waals surface area contributed by atoms with Crippen molar-refractivity contribution in [2.75, 3.05) is 0 Å². The molecular formula is C45H66F18O18S6. The van der Waals surface area contributed by atoms with E-state index in [2.05, 4.69) is 0 Å². The third kappa shape index (κ3) is 19.9. The molecule has 3 saturated carbocycles. The maximum atomic E-state index is 13.2. The summed E-state index contributed by atoms with van der Waals surface area (Å²) in [6, 6.07) is 0. The highest BCUT2D eigenvalue weighted by molar-refractivity contribution is 8.10. The Morgan fingerprint density at radius 3 is 0.632 bits per heavy atom. The molecule has 0 heterocycles. The van der Waals surface area contributed by atoms with Crippen LogP contribution in [-0.4, -0.2) is 134 Å². The fourth-order valence-corrected chi connectivity index (χ4v) is 21.4. The van der Waals surface area contributed by atoms with E-state index in [9.17, 15) is 144 Å². The molecule has 9 unspecified atom stereocenters. The molecule has 516 valence electrons. The van der Waals surface area contributed by atoms with E-state index >= 15 is 0 Å². The zero-order chi connectivity index (χ0) is 68.5. The van der Waals surface area contributed by atoms with E-state index in [1.165, 1.54) is 20.8 Å². The van der Waals surface area contributed by atoms with Crippen LogP contribution >= 0.6 is 0 Å². The number of sulfone groups is 6. The van der Waals surface area contributed by atoms with E-state index in [0.29, 0.717) is 19.3 Å². The number of rotatable bonds is 18. The summed E-state index contributed by atoms with van der Waals surface area (Å²) in [5.74, 6) is -11.7. The second-order valence-corrected chi connectivity index (χ2v) is 34.1. The number of hydrogen-bond acceptors (Lipinski definition) is 18. The molecule has 3 rings (SSSR count). The van der Waals surface area contributed by atoms with Crippen molar-refractivity contribution in [3.63, 3.8) is 0 Å². The fourth-order valence-electron chi connectivity index (χ4n) is 9.25. The van der Waals surface area contributed by atoms with Crippen LogP contribution in [0.3, 0.4) is 0 Å². The molecule has 0 aliphatic heterocycles. The fraction of sp³-hybridized carbons (Fsp3) is 0.933. The number of alkyl halides is 18. The highest BCUT2D eigenvalue weighted by Gasteiger charge is 2.69. The number of ether oxygens (including phenoxy) is 3. The lowest BCUT2D eigenvalue weighted by Crippen LogP contribution is -2.53.